The summed E-state index contributed by atoms with van der Waals surface area (Å²) in [6.07, 6.45) is 0. The average molecular weight is 317 g/mol. The van der Waals surface area contributed by atoms with Crippen molar-refractivity contribution in [3.63, 3.8) is 0 Å². The first-order valence-corrected chi connectivity index (χ1v) is 8.46. The maximum absolute atomic E-state index is 4.57. The minimum atomic E-state index is 0.775. The standard InChI is InChI=1S/C19H15N3S/c1-2-8-15(9-3-1)18-20-19(22-21-18)23-13-16-11-6-10-14-7-4-5-12-17(14)16/h1-12H,13H2,(H,20,21,22). The minimum absolute atomic E-state index is 0.775. The second kappa shape index (κ2) is 6.26. The van der Waals surface area contributed by atoms with Gasteiger partial charge in [0.25, 0.3) is 0 Å². The van der Waals surface area contributed by atoms with Crippen LogP contribution >= 0.6 is 11.8 Å². The molecule has 0 saturated carbocycles. The summed E-state index contributed by atoms with van der Waals surface area (Å²) in [5.41, 5.74) is 2.36. The van der Waals surface area contributed by atoms with Gasteiger partial charge in [-0.25, -0.2) is 4.98 Å². The molecule has 0 amide bonds. The Balaban J connectivity index is 1.54. The maximum Gasteiger partial charge on any atom is 0.209 e. The topological polar surface area (TPSA) is 41.6 Å². The molecular weight excluding hydrogens is 302 g/mol. The molecule has 0 spiro atoms. The molecule has 0 aliphatic heterocycles. The van der Waals surface area contributed by atoms with Gasteiger partial charge >= 0.3 is 0 Å². The first-order valence-electron chi connectivity index (χ1n) is 7.47. The Morgan fingerprint density at radius 3 is 2.52 bits per heavy atom. The van der Waals surface area contributed by atoms with E-state index in [0.29, 0.717) is 0 Å². The summed E-state index contributed by atoms with van der Waals surface area (Å²) in [5.74, 6) is 1.67. The van der Waals surface area contributed by atoms with Crippen LogP contribution in [0.15, 0.2) is 78.0 Å². The molecule has 4 rings (SSSR count). The van der Waals surface area contributed by atoms with Crippen molar-refractivity contribution in [1.29, 1.82) is 0 Å². The lowest BCUT2D eigenvalue weighted by Gasteiger charge is -2.04. The molecule has 0 unspecified atom stereocenters. The first kappa shape index (κ1) is 14.0. The smallest absolute Gasteiger partial charge is 0.209 e. The minimum Gasteiger partial charge on any atom is -0.258 e. The van der Waals surface area contributed by atoms with E-state index in [1.165, 1.54) is 16.3 Å². The zero-order chi connectivity index (χ0) is 15.5. The molecule has 0 aliphatic carbocycles. The fraction of sp³-hybridized carbons (Fsp3) is 0.0526. The summed E-state index contributed by atoms with van der Waals surface area (Å²) in [6, 6.07) is 24.9. The Morgan fingerprint density at radius 2 is 1.61 bits per heavy atom. The number of aromatic amines is 1. The number of nitrogens with one attached hydrogen (secondary N) is 1. The highest BCUT2D eigenvalue weighted by molar-refractivity contribution is 7.98. The summed E-state index contributed by atoms with van der Waals surface area (Å²) < 4.78 is 0. The van der Waals surface area contributed by atoms with E-state index >= 15 is 0 Å². The molecule has 0 radical (unpaired) electrons. The third-order valence-electron chi connectivity index (χ3n) is 3.75. The van der Waals surface area contributed by atoms with Gasteiger partial charge < -0.3 is 0 Å². The summed E-state index contributed by atoms with van der Waals surface area (Å²) in [7, 11) is 0. The molecule has 0 fully saturated rings. The Bertz CT molecular complexity index is 926. The van der Waals surface area contributed by atoms with Gasteiger partial charge in [0.05, 0.1) is 0 Å². The van der Waals surface area contributed by atoms with Crippen LogP contribution in [-0.4, -0.2) is 15.2 Å². The Hall–Kier alpha value is -2.59. The Kier molecular flexibility index (Phi) is 3.82. The molecule has 1 heterocycles. The van der Waals surface area contributed by atoms with E-state index in [4.69, 9.17) is 0 Å². The largest absolute Gasteiger partial charge is 0.258 e. The molecule has 0 aliphatic rings. The summed E-state index contributed by atoms with van der Waals surface area (Å²) in [5, 5.41) is 10.7. The van der Waals surface area contributed by atoms with Crippen LogP contribution < -0.4 is 0 Å². The molecule has 0 bridgehead atoms. The summed E-state index contributed by atoms with van der Waals surface area (Å²) >= 11 is 1.65. The monoisotopic (exact) mass is 317 g/mol. The third-order valence-corrected chi connectivity index (χ3v) is 4.64. The molecule has 0 saturated heterocycles. The zero-order valence-corrected chi connectivity index (χ0v) is 13.3. The number of fused-ring (bicyclic) bond motifs is 1. The highest BCUT2D eigenvalue weighted by Gasteiger charge is 2.07. The molecule has 0 atom stereocenters. The maximum atomic E-state index is 4.57. The SMILES string of the molecule is c1ccc(-c2nc(SCc3cccc4ccccc34)n[nH]2)cc1. The Morgan fingerprint density at radius 1 is 0.826 bits per heavy atom. The van der Waals surface area contributed by atoms with Crippen LogP contribution in [0, 0.1) is 0 Å². The molecule has 3 aromatic carbocycles. The molecule has 23 heavy (non-hydrogen) atoms. The van der Waals surface area contributed by atoms with Crippen LogP contribution in [0.3, 0.4) is 0 Å². The highest BCUT2D eigenvalue weighted by Crippen LogP contribution is 2.26. The molecule has 4 aromatic rings. The van der Waals surface area contributed by atoms with Crippen LogP contribution in [0.1, 0.15) is 5.56 Å². The van der Waals surface area contributed by atoms with Gasteiger partial charge in [-0.2, -0.15) is 0 Å². The number of aromatic nitrogens is 3. The van der Waals surface area contributed by atoms with Crippen molar-refractivity contribution < 1.29 is 0 Å². The number of hydrogen-bond acceptors (Lipinski definition) is 3. The number of nitrogens with zero attached hydrogens (tertiary/aromatic N) is 2. The van der Waals surface area contributed by atoms with E-state index in [9.17, 15) is 0 Å². The average Bonchev–Trinajstić information content (AvgIpc) is 3.10. The van der Waals surface area contributed by atoms with Crippen molar-refractivity contribution in [3.8, 4) is 11.4 Å². The van der Waals surface area contributed by atoms with Gasteiger partial charge in [0.2, 0.25) is 5.16 Å². The zero-order valence-electron chi connectivity index (χ0n) is 12.4. The number of thioether (sulfide) groups is 1. The second-order valence-corrected chi connectivity index (χ2v) is 6.20. The highest BCUT2D eigenvalue weighted by atomic mass is 32.2. The van der Waals surface area contributed by atoms with Crippen molar-refractivity contribution in [2.45, 2.75) is 10.9 Å². The van der Waals surface area contributed by atoms with E-state index < -0.39 is 0 Å². The van der Waals surface area contributed by atoms with E-state index in [1.807, 2.05) is 30.3 Å². The van der Waals surface area contributed by atoms with Gasteiger partial charge in [0.15, 0.2) is 5.82 Å². The molecule has 3 nitrogen and oxygen atoms in total. The fourth-order valence-corrected chi connectivity index (χ4v) is 3.40. The van der Waals surface area contributed by atoms with Gasteiger partial charge in [-0.05, 0) is 16.3 Å². The van der Waals surface area contributed by atoms with Gasteiger partial charge in [0, 0.05) is 11.3 Å². The first-order chi connectivity index (χ1) is 11.4. The lowest BCUT2D eigenvalue weighted by Crippen LogP contribution is -1.85. The molecule has 112 valence electrons. The van der Waals surface area contributed by atoms with Crippen molar-refractivity contribution in [3.05, 3.63) is 78.4 Å². The third kappa shape index (κ3) is 2.98. The van der Waals surface area contributed by atoms with Gasteiger partial charge in [-0.3, -0.25) is 5.10 Å². The predicted octanol–water partition coefficient (Wildman–Crippen LogP) is 4.92. The van der Waals surface area contributed by atoms with Crippen molar-refractivity contribution in [1.82, 2.24) is 15.2 Å². The quantitative estimate of drug-likeness (QED) is 0.543. The Labute approximate surface area is 138 Å². The van der Waals surface area contributed by atoms with E-state index in [0.717, 1.165) is 22.3 Å². The number of rotatable bonds is 4. The molecule has 1 N–H and O–H groups in total. The van der Waals surface area contributed by atoms with Crippen molar-refractivity contribution in [2.75, 3.05) is 0 Å². The van der Waals surface area contributed by atoms with E-state index in [2.05, 4.69) is 57.6 Å². The van der Waals surface area contributed by atoms with Gasteiger partial charge in [-0.15, -0.1) is 5.10 Å². The van der Waals surface area contributed by atoms with Gasteiger partial charge in [0.1, 0.15) is 0 Å². The number of H-pyrrole nitrogens is 1. The van der Waals surface area contributed by atoms with Crippen LogP contribution in [0.25, 0.3) is 22.2 Å². The second-order valence-electron chi connectivity index (χ2n) is 5.26. The summed E-state index contributed by atoms with van der Waals surface area (Å²) in [6.45, 7) is 0. The van der Waals surface area contributed by atoms with Crippen LogP contribution in [0.5, 0.6) is 0 Å². The summed E-state index contributed by atoms with van der Waals surface area (Å²) in [4.78, 5) is 4.57. The van der Waals surface area contributed by atoms with E-state index in [1.54, 1.807) is 11.8 Å². The van der Waals surface area contributed by atoms with Crippen LogP contribution in [-0.2, 0) is 5.75 Å². The predicted molar refractivity (Wildman–Crippen MR) is 95.3 cm³/mol. The van der Waals surface area contributed by atoms with Crippen molar-refractivity contribution in [2.24, 2.45) is 0 Å². The fourth-order valence-electron chi connectivity index (χ4n) is 2.60. The van der Waals surface area contributed by atoms with Crippen molar-refractivity contribution >= 4 is 22.5 Å². The number of hydrogen-bond donors (Lipinski definition) is 1. The molecular formula is C19H15N3S. The van der Waals surface area contributed by atoms with Crippen LogP contribution in [0.2, 0.25) is 0 Å². The van der Waals surface area contributed by atoms with Gasteiger partial charge in [-0.1, -0.05) is 84.6 Å². The van der Waals surface area contributed by atoms with E-state index in [-0.39, 0.29) is 0 Å². The van der Waals surface area contributed by atoms with Crippen LogP contribution in [0.4, 0.5) is 0 Å². The number of benzene rings is 3. The lowest BCUT2D eigenvalue weighted by molar-refractivity contribution is 0.973. The lowest BCUT2D eigenvalue weighted by atomic mass is 10.1. The molecule has 4 heteroatoms. The molecule has 1 aromatic heterocycles. The normalized spacial score (nSPS) is 11.0.